The van der Waals surface area contributed by atoms with Gasteiger partial charge in [-0.05, 0) is 32.9 Å². The quantitative estimate of drug-likeness (QED) is 0.761. The number of carbonyl (C=O) groups excluding carboxylic acids is 1. The molecule has 1 heterocycles. The van der Waals surface area contributed by atoms with Gasteiger partial charge >= 0.3 is 12.0 Å². The maximum Gasteiger partial charge on any atom is 0.362 e. The summed E-state index contributed by atoms with van der Waals surface area (Å²) >= 11 is 6.16. The van der Waals surface area contributed by atoms with E-state index in [-0.39, 0.29) is 34.1 Å². The van der Waals surface area contributed by atoms with Gasteiger partial charge in [-0.25, -0.2) is 4.79 Å². The number of ether oxygens (including phenoxy) is 3. The second-order valence-corrected chi connectivity index (χ2v) is 6.60. The molecule has 0 fully saturated rings. The van der Waals surface area contributed by atoms with Gasteiger partial charge in [0.05, 0.1) is 25.3 Å². The summed E-state index contributed by atoms with van der Waals surface area (Å²) in [6.07, 6.45) is 0. The predicted molar refractivity (Wildman–Crippen MR) is 95.0 cm³/mol. The Balaban J connectivity index is 2.33. The number of halogens is 1. The number of hydroxylamine groups is 1. The monoisotopic (exact) mass is 381 g/mol. The van der Waals surface area contributed by atoms with Crippen LogP contribution in [0.4, 0.5) is 0 Å². The van der Waals surface area contributed by atoms with Crippen molar-refractivity contribution in [2.75, 3.05) is 14.2 Å². The average molecular weight is 382 g/mol. The van der Waals surface area contributed by atoms with Crippen LogP contribution in [0.5, 0.6) is 23.5 Å². The molecular formula is C17H20ClN3O5. The summed E-state index contributed by atoms with van der Waals surface area (Å²) in [4.78, 5) is 25.7. The summed E-state index contributed by atoms with van der Waals surface area (Å²) < 4.78 is 15.8. The number of hydrogen-bond acceptors (Lipinski definition) is 8. The first kappa shape index (κ1) is 19.7. The first-order valence-electron chi connectivity index (χ1n) is 7.65. The van der Waals surface area contributed by atoms with Crippen LogP contribution in [0.3, 0.4) is 0 Å². The third-order valence-corrected chi connectivity index (χ3v) is 3.22. The van der Waals surface area contributed by atoms with Crippen LogP contribution < -0.4 is 19.7 Å². The smallest absolute Gasteiger partial charge is 0.362 e. The van der Waals surface area contributed by atoms with Crippen molar-refractivity contribution < 1.29 is 23.8 Å². The van der Waals surface area contributed by atoms with E-state index in [1.807, 2.05) is 20.8 Å². The SMILES string of the molecule is COc1cc(OC)nc(Oc2cccc(Cl)c2C(=O)ONC(C)(C)C)n1. The molecule has 1 aromatic heterocycles. The third-order valence-electron chi connectivity index (χ3n) is 2.91. The van der Waals surface area contributed by atoms with Crippen LogP contribution in [-0.4, -0.2) is 35.7 Å². The van der Waals surface area contributed by atoms with Gasteiger partial charge in [-0.15, -0.1) is 5.48 Å². The van der Waals surface area contributed by atoms with Crippen LogP contribution in [0.15, 0.2) is 24.3 Å². The average Bonchev–Trinajstić information content (AvgIpc) is 2.58. The molecule has 1 aromatic carbocycles. The normalized spacial score (nSPS) is 11.0. The Morgan fingerprint density at radius 2 is 1.73 bits per heavy atom. The van der Waals surface area contributed by atoms with E-state index in [0.29, 0.717) is 0 Å². The molecule has 0 aliphatic rings. The Bertz CT molecular complexity index is 770. The van der Waals surface area contributed by atoms with Gasteiger partial charge in [-0.3, -0.25) is 0 Å². The Morgan fingerprint density at radius 1 is 1.12 bits per heavy atom. The Morgan fingerprint density at radius 3 is 2.27 bits per heavy atom. The number of nitrogens with zero attached hydrogens (tertiary/aromatic N) is 2. The van der Waals surface area contributed by atoms with Gasteiger partial charge in [-0.1, -0.05) is 17.7 Å². The molecule has 2 aromatic rings. The largest absolute Gasteiger partial charge is 0.481 e. The Kier molecular flexibility index (Phi) is 6.23. The highest BCUT2D eigenvalue weighted by molar-refractivity contribution is 6.34. The topological polar surface area (TPSA) is 91.8 Å². The van der Waals surface area contributed by atoms with Crippen LogP contribution >= 0.6 is 11.6 Å². The van der Waals surface area contributed by atoms with Crippen molar-refractivity contribution in [1.29, 1.82) is 0 Å². The van der Waals surface area contributed by atoms with Crippen molar-refractivity contribution in [1.82, 2.24) is 15.4 Å². The van der Waals surface area contributed by atoms with E-state index < -0.39 is 11.5 Å². The van der Waals surface area contributed by atoms with Crippen molar-refractivity contribution in [2.24, 2.45) is 0 Å². The highest BCUT2D eigenvalue weighted by Crippen LogP contribution is 2.31. The molecule has 1 N–H and O–H groups in total. The number of methoxy groups -OCH3 is 2. The molecule has 140 valence electrons. The number of aromatic nitrogens is 2. The summed E-state index contributed by atoms with van der Waals surface area (Å²) in [5, 5.41) is 0.165. The maximum absolute atomic E-state index is 12.4. The van der Waals surface area contributed by atoms with Crippen LogP contribution in [0.25, 0.3) is 0 Å². The first-order valence-corrected chi connectivity index (χ1v) is 8.03. The van der Waals surface area contributed by atoms with Crippen molar-refractivity contribution in [3.63, 3.8) is 0 Å². The molecule has 0 radical (unpaired) electrons. The molecule has 0 bridgehead atoms. The summed E-state index contributed by atoms with van der Waals surface area (Å²) in [5.41, 5.74) is 2.25. The van der Waals surface area contributed by atoms with E-state index in [2.05, 4.69) is 15.4 Å². The molecule has 0 aliphatic heterocycles. The highest BCUT2D eigenvalue weighted by atomic mass is 35.5. The lowest BCUT2D eigenvalue weighted by Gasteiger charge is -2.20. The lowest BCUT2D eigenvalue weighted by molar-refractivity contribution is 0.00442. The summed E-state index contributed by atoms with van der Waals surface area (Å²) in [5.74, 6) is -0.0799. The zero-order valence-corrected chi connectivity index (χ0v) is 15.9. The van der Waals surface area contributed by atoms with Crippen LogP contribution in [0, 0.1) is 0 Å². The van der Waals surface area contributed by atoms with Gasteiger partial charge in [0.15, 0.2) is 0 Å². The molecular weight excluding hydrogens is 362 g/mol. The number of carbonyl (C=O) groups is 1. The van der Waals surface area contributed by atoms with Crippen molar-refractivity contribution in [2.45, 2.75) is 26.3 Å². The van der Waals surface area contributed by atoms with Crippen LogP contribution in [0.1, 0.15) is 31.1 Å². The standard InChI is InChI=1S/C17H20ClN3O5/c1-17(2,3)21-26-15(22)14-10(18)7-6-8-11(14)25-16-19-12(23-4)9-13(20-16)24-5/h6-9,21H,1-5H3. The Labute approximate surface area is 156 Å². The van der Waals surface area contributed by atoms with E-state index in [4.69, 9.17) is 30.6 Å². The molecule has 0 atom stereocenters. The van der Waals surface area contributed by atoms with Crippen molar-refractivity contribution >= 4 is 17.6 Å². The summed E-state index contributed by atoms with van der Waals surface area (Å²) in [6, 6.07) is 6.15. The number of rotatable bonds is 6. The van der Waals surface area contributed by atoms with E-state index in [0.717, 1.165) is 0 Å². The first-order chi connectivity index (χ1) is 12.2. The lowest BCUT2D eigenvalue weighted by Crippen LogP contribution is -2.37. The van der Waals surface area contributed by atoms with Gasteiger partial charge in [0.1, 0.15) is 11.3 Å². The van der Waals surface area contributed by atoms with E-state index in [1.54, 1.807) is 18.2 Å². The van der Waals surface area contributed by atoms with E-state index >= 15 is 0 Å². The molecule has 0 spiro atoms. The van der Waals surface area contributed by atoms with Crippen LogP contribution in [0.2, 0.25) is 5.02 Å². The second-order valence-electron chi connectivity index (χ2n) is 6.19. The van der Waals surface area contributed by atoms with Crippen molar-refractivity contribution in [3.05, 3.63) is 34.9 Å². The number of hydrogen-bond donors (Lipinski definition) is 1. The minimum absolute atomic E-state index is 0.0382. The zero-order valence-electron chi connectivity index (χ0n) is 15.1. The maximum atomic E-state index is 12.4. The molecule has 26 heavy (non-hydrogen) atoms. The lowest BCUT2D eigenvalue weighted by atomic mass is 10.1. The van der Waals surface area contributed by atoms with E-state index in [9.17, 15) is 4.79 Å². The fraction of sp³-hybridized carbons (Fsp3) is 0.353. The third kappa shape index (κ3) is 5.21. The van der Waals surface area contributed by atoms with Gasteiger partial charge < -0.3 is 19.0 Å². The zero-order chi connectivity index (χ0) is 19.3. The summed E-state index contributed by atoms with van der Waals surface area (Å²) in [6.45, 7) is 5.54. The molecule has 0 saturated carbocycles. The van der Waals surface area contributed by atoms with Gasteiger partial charge in [-0.2, -0.15) is 9.97 Å². The predicted octanol–water partition coefficient (Wildman–Crippen LogP) is 3.40. The fourth-order valence-corrected chi connectivity index (χ4v) is 2.02. The van der Waals surface area contributed by atoms with E-state index in [1.165, 1.54) is 20.3 Å². The minimum atomic E-state index is -0.699. The number of benzene rings is 1. The summed E-state index contributed by atoms with van der Waals surface area (Å²) in [7, 11) is 2.90. The molecule has 0 unspecified atom stereocenters. The van der Waals surface area contributed by atoms with Crippen molar-refractivity contribution in [3.8, 4) is 23.5 Å². The molecule has 0 saturated heterocycles. The van der Waals surface area contributed by atoms with Gasteiger partial charge in [0, 0.05) is 5.54 Å². The molecule has 0 amide bonds. The van der Waals surface area contributed by atoms with Gasteiger partial charge in [0.25, 0.3) is 0 Å². The molecule has 2 rings (SSSR count). The fourth-order valence-electron chi connectivity index (χ4n) is 1.77. The molecule has 9 heteroatoms. The van der Waals surface area contributed by atoms with Crippen LogP contribution in [-0.2, 0) is 4.84 Å². The molecule has 0 aliphatic carbocycles. The number of nitrogens with one attached hydrogen (secondary N) is 1. The Hall–Kier alpha value is -2.58. The second kappa shape index (κ2) is 8.20. The highest BCUT2D eigenvalue weighted by Gasteiger charge is 2.22. The van der Waals surface area contributed by atoms with Gasteiger partial charge in [0.2, 0.25) is 11.8 Å². The molecule has 8 nitrogen and oxygen atoms in total. The minimum Gasteiger partial charge on any atom is -0.481 e.